The third-order valence-corrected chi connectivity index (χ3v) is 4.60. The van der Waals surface area contributed by atoms with Crippen molar-refractivity contribution >= 4 is 5.97 Å². The first-order chi connectivity index (χ1) is 9.51. The van der Waals surface area contributed by atoms with Gasteiger partial charge in [0.15, 0.2) is 0 Å². The zero-order valence-electron chi connectivity index (χ0n) is 12.3. The van der Waals surface area contributed by atoms with Gasteiger partial charge in [0.1, 0.15) is 0 Å². The Morgan fingerprint density at radius 1 is 1.25 bits per heavy atom. The monoisotopic (exact) mass is 275 g/mol. The van der Waals surface area contributed by atoms with Gasteiger partial charge in [0.25, 0.3) is 0 Å². The molecule has 0 aliphatic heterocycles. The first-order valence-corrected chi connectivity index (χ1v) is 7.55. The summed E-state index contributed by atoms with van der Waals surface area (Å²) in [7, 11) is 0. The van der Waals surface area contributed by atoms with Gasteiger partial charge in [-0.3, -0.25) is 4.79 Å². The molecule has 0 aromatic heterocycles. The van der Waals surface area contributed by atoms with Crippen molar-refractivity contribution in [3.63, 3.8) is 0 Å². The fraction of sp³-hybridized carbons (Fsp3) is 0.588. The first-order valence-electron chi connectivity index (χ1n) is 7.55. The van der Waals surface area contributed by atoms with Gasteiger partial charge in [-0.05, 0) is 37.2 Å². The average Bonchev–Trinajstić information content (AvgIpc) is 2.39. The van der Waals surface area contributed by atoms with E-state index in [1.807, 2.05) is 0 Å². The summed E-state index contributed by atoms with van der Waals surface area (Å²) in [6, 6.07) is 8.21. The molecule has 1 aromatic carbocycles. The van der Waals surface area contributed by atoms with Crippen LogP contribution in [0, 0.1) is 12.3 Å². The number of aliphatic carboxylic acids is 1. The summed E-state index contributed by atoms with van der Waals surface area (Å²) < 4.78 is 0. The van der Waals surface area contributed by atoms with Gasteiger partial charge in [0.2, 0.25) is 0 Å². The molecule has 3 heteroatoms. The summed E-state index contributed by atoms with van der Waals surface area (Å²) in [6.45, 7) is 2.06. The highest BCUT2D eigenvalue weighted by Gasteiger charge is 2.36. The largest absolute Gasteiger partial charge is 0.481 e. The summed E-state index contributed by atoms with van der Waals surface area (Å²) in [5.74, 6) is -0.692. The highest BCUT2D eigenvalue weighted by atomic mass is 16.4. The third-order valence-electron chi connectivity index (χ3n) is 4.60. The number of rotatable bonds is 5. The molecule has 1 aliphatic rings. The van der Waals surface area contributed by atoms with Crippen molar-refractivity contribution in [2.45, 2.75) is 57.9 Å². The van der Waals surface area contributed by atoms with Crippen LogP contribution in [0.5, 0.6) is 0 Å². The SMILES string of the molecule is Cc1ccc(C(N)CC2(CC(=O)O)CCCCC2)cc1. The maximum atomic E-state index is 11.2. The van der Waals surface area contributed by atoms with Crippen LogP contribution in [-0.2, 0) is 4.79 Å². The Morgan fingerprint density at radius 3 is 2.40 bits per heavy atom. The van der Waals surface area contributed by atoms with E-state index in [0.717, 1.165) is 37.7 Å². The molecule has 3 N–H and O–H groups in total. The lowest BCUT2D eigenvalue weighted by molar-refractivity contribution is -0.140. The minimum Gasteiger partial charge on any atom is -0.481 e. The number of benzene rings is 1. The van der Waals surface area contributed by atoms with Gasteiger partial charge in [0.05, 0.1) is 6.42 Å². The number of carbonyl (C=O) groups is 1. The highest BCUT2D eigenvalue weighted by Crippen LogP contribution is 2.45. The van der Waals surface area contributed by atoms with Crippen LogP contribution in [0.1, 0.15) is 62.1 Å². The van der Waals surface area contributed by atoms with E-state index < -0.39 is 5.97 Å². The van der Waals surface area contributed by atoms with Crippen LogP contribution < -0.4 is 5.73 Å². The fourth-order valence-electron chi connectivity index (χ4n) is 3.47. The number of hydrogen-bond donors (Lipinski definition) is 2. The van der Waals surface area contributed by atoms with Gasteiger partial charge in [-0.1, -0.05) is 49.1 Å². The smallest absolute Gasteiger partial charge is 0.303 e. The lowest BCUT2D eigenvalue weighted by Crippen LogP contribution is -2.31. The molecule has 0 heterocycles. The van der Waals surface area contributed by atoms with Crippen LogP contribution in [0.2, 0.25) is 0 Å². The van der Waals surface area contributed by atoms with Gasteiger partial charge >= 0.3 is 5.97 Å². The quantitative estimate of drug-likeness (QED) is 0.859. The van der Waals surface area contributed by atoms with Crippen molar-refractivity contribution in [2.24, 2.45) is 11.1 Å². The van der Waals surface area contributed by atoms with E-state index in [0.29, 0.717) is 0 Å². The van der Waals surface area contributed by atoms with Crippen LogP contribution in [0.4, 0.5) is 0 Å². The van der Waals surface area contributed by atoms with E-state index in [2.05, 4.69) is 31.2 Å². The topological polar surface area (TPSA) is 63.3 Å². The molecule has 0 saturated heterocycles. The van der Waals surface area contributed by atoms with E-state index in [4.69, 9.17) is 5.73 Å². The van der Waals surface area contributed by atoms with Gasteiger partial charge in [-0.2, -0.15) is 0 Å². The molecule has 20 heavy (non-hydrogen) atoms. The fourth-order valence-corrected chi connectivity index (χ4v) is 3.47. The van der Waals surface area contributed by atoms with Crippen molar-refractivity contribution in [1.82, 2.24) is 0 Å². The summed E-state index contributed by atoms with van der Waals surface area (Å²) in [5, 5.41) is 9.21. The number of aryl methyl sites for hydroxylation is 1. The van der Waals surface area contributed by atoms with Crippen molar-refractivity contribution in [3.05, 3.63) is 35.4 Å². The summed E-state index contributed by atoms with van der Waals surface area (Å²) in [5.41, 5.74) is 8.58. The second kappa shape index (κ2) is 6.40. The minimum absolute atomic E-state index is 0.0620. The maximum Gasteiger partial charge on any atom is 0.303 e. The van der Waals surface area contributed by atoms with Gasteiger partial charge in [-0.15, -0.1) is 0 Å². The predicted octanol–water partition coefficient (Wildman–Crippen LogP) is 3.81. The lowest BCUT2D eigenvalue weighted by atomic mass is 9.67. The zero-order valence-corrected chi connectivity index (χ0v) is 12.3. The number of nitrogens with two attached hydrogens (primary N) is 1. The molecule has 1 fully saturated rings. The van der Waals surface area contributed by atoms with E-state index in [9.17, 15) is 9.90 Å². The lowest BCUT2D eigenvalue weighted by Gasteiger charge is -2.38. The van der Waals surface area contributed by atoms with E-state index in [1.54, 1.807) is 0 Å². The zero-order chi connectivity index (χ0) is 14.6. The number of carboxylic acids is 1. The average molecular weight is 275 g/mol. The van der Waals surface area contributed by atoms with Crippen LogP contribution in [0.3, 0.4) is 0 Å². The van der Waals surface area contributed by atoms with E-state index in [1.165, 1.54) is 12.0 Å². The second-order valence-corrected chi connectivity index (χ2v) is 6.35. The standard InChI is InChI=1S/C17H25NO2/c1-13-5-7-14(8-6-13)15(18)11-17(12-16(19)20)9-3-2-4-10-17/h5-8,15H,2-4,9-12,18H2,1H3,(H,19,20). The Morgan fingerprint density at radius 2 is 1.85 bits per heavy atom. The maximum absolute atomic E-state index is 11.2. The Balaban J connectivity index is 2.10. The molecular formula is C17H25NO2. The molecule has 1 atom stereocenters. The molecule has 110 valence electrons. The minimum atomic E-state index is -0.692. The first kappa shape index (κ1) is 15.0. The highest BCUT2D eigenvalue weighted by molar-refractivity contribution is 5.67. The molecule has 1 aliphatic carbocycles. The van der Waals surface area contributed by atoms with Gasteiger partial charge < -0.3 is 10.8 Å². The Labute approximate surface area is 121 Å². The Bertz CT molecular complexity index is 447. The van der Waals surface area contributed by atoms with Crippen LogP contribution in [0.15, 0.2) is 24.3 Å². The normalized spacial score (nSPS) is 19.5. The molecule has 0 bridgehead atoms. The number of carboxylic acid groups (broad SMARTS) is 1. The molecule has 1 unspecified atom stereocenters. The summed E-state index contributed by atoms with van der Waals surface area (Å²) in [6.07, 6.45) is 6.52. The Kier molecular flexibility index (Phi) is 4.81. The molecule has 2 rings (SSSR count). The molecule has 1 aromatic rings. The molecule has 0 radical (unpaired) electrons. The predicted molar refractivity (Wildman–Crippen MR) is 80.5 cm³/mol. The van der Waals surface area contributed by atoms with E-state index >= 15 is 0 Å². The van der Waals surface area contributed by atoms with Crippen molar-refractivity contribution < 1.29 is 9.90 Å². The van der Waals surface area contributed by atoms with Crippen molar-refractivity contribution in [2.75, 3.05) is 0 Å². The van der Waals surface area contributed by atoms with Gasteiger partial charge in [0, 0.05) is 6.04 Å². The van der Waals surface area contributed by atoms with Crippen LogP contribution >= 0.6 is 0 Å². The Hall–Kier alpha value is -1.35. The number of hydrogen-bond acceptors (Lipinski definition) is 2. The van der Waals surface area contributed by atoms with Crippen molar-refractivity contribution in [1.29, 1.82) is 0 Å². The summed E-state index contributed by atoms with van der Waals surface area (Å²) in [4.78, 5) is 11.2. The molecule has 1 saturated carbocycles. The molecule has 0 spiro atoms. The molecule has 3 nitrogen and oxygen atoms in total. The second-order valence-electron chi connectivity index (χ2n) is 6.35. The van der Waals surface area contributed by atoms with E-state index in [-0.39, 0.29) is 17.9 Å². The molecular weight excluding hydrogens is 250 g/mol. The van der Waals surface area contributed by atoms with Crippen molar-refractivity contribution in [3.8, 4) is 0 Å². The summed E-state index contributed by atoms with van der Waals surface area (Å²) >= 11 is 0. The molecule has 0 amide bonds. The van der Waals surface area contributed by atoms with Gasteiger partial charge in [-0.25, -0.2) is 0 Å². The third kappa shape index (κ3) is 3.83. The van der Waals surface area contributed by atoms with Crippen LogP contribution in [0.25, 0.3) is 0 Å². The van der Waals surface area contributed by atoms with Crippen LogP contribution in [-0.4, -0.2) is 11.1 Å².